The molecule has 1 aromatic rings. The van der Waals surface area contributed by atoms with Crippen LogP contribution in [-0.4, -0.2) is 6.61 Å². The molecule has 0 N–H and O–H groups in total. The van der Waals surface area contributed by atoms with Gasteiger partial charge >= 0.3 is 0 Å². The van der Waals surface area contributed by atoms with E-state index in [0.29, 0.717) is 5.02 Å². The van der Waals surface area contributed by atoms with Crippen LogP contribution in [0.15, 0.2) is 18.2 Å². The number of aryl methyl sites for hydroxylation is 1. The predicted molar refractivity (Wildman–Crippen MR) is 52.0 cm³/mol. The largest absolute Gasteiger partial charge is 0.492 e. The summed E-state index contributed by atoms with van der Waals surface area (Å²) in [5, 5.41) is 0.689. The van der Waals surface area contributed by atoms with Crippen LogP contribution in [0, 0.1) is 6.92 Å². The first kappa shape index (κ1) is 9.40. The minimum absolute atomic E-state index is 0.689. The summed E-state index contributed by atoms with van der Waals surface area (Å²) in [7, 11) is 0. The highest BCUT2D eigenvalue weighted by atomic mass is 35.5. The molecule has 0 heterocycles. The Morgan fingerprint density at radius 3 is 2.83 bits per heavy atom. The van der Waals surface area contributed by atoms with Gasteiger partial charge in [0.25, 0.3) is 0 Å². The molecule has 66 valence electrons. The summed E-state index contributed by atoms with van der Waals surface area (Å²) < 4.78 is 5.43. The monoisotopic (exact) mass is 184 g/mol. The molecule has 0 radical (unpaired) electrons. The molecule has 0 bridgehead atoms. The zero-order valence-electron chi connectivity index (χ0n) is 7.43. The Bertz CT molecular complexity index is 258. The highest BCUT2D eigenvalue weighted by molar-refractivity contribution is 6.32. The van der Waals surface area contributed by atoms with Crippen molar-refractivity contribution in [2.45, 2.75) is 20.3 Å². The van der Waals surface area contributed by atoms with Crippen molar-refractivity contribution in [2.75, 3.05) is 6.61 Å². The molecule has 0 unspecified atom stereocenters. The summed E-state index contributed by atoms with van der Waals surface area (Å²) >= 11 is 5.91. The van der Waals surface area contributed by atoms with E-state index in [1.54, 1.807) is 0 Å². The topological polar surface area (TPSA) is 9.23 Å². The van der Waals surface area contributed by atoms with Gasteiger partial charge in [0.15, 0.2) is 0 Å². The summed E-state index contributed by atoms with van der Waals surface area (Å²) in [6.07, 6.45) is 1.00. The molecule has 1 aromatic carbocycles. The first-order chi connectivity index (χ1) is 5.74. The fraction of sp³-hybridized carbons (Fsp3) is 0.400. The molecule has 1 nitrogen and oxygen atoms in total. The van der Waals surface area contributed by atoms with Crippen molar-refractivity contribution in [2.24, 2.45) is 0 Å². The third-order valence-corrected chi connectivity index (χ3v) is 1.86. The number of halogens is 1. The van der Waals surface area contributed by atoms with E-state index in [1.807, 2.05) is 25.1 Å². The highest BCUT2D eigenvalue weighted by Gasteiger charge is 1.99. The lowest BCUT2D eigenvalue weighted by molar-refractivity contribution is 0.317. The second-order valence-corrected chi connectivity index (χ2v) is 3.19. The van der Waals surface area contributed by atoms with Crippen molar-refractivity contribution in [1.29, 1.82) is 0 Å². The number of ether oxygens (including phenoxy) is 1. The van der Waals surface area contributed by atoms with Gasteiger partial charge in [-0.25, -0.2) is 0 Å². The molecule has 0 spiro atoms. The SMILES string of the molecule is CCCOc1cc(C)ccc1Cl. The van der Waals surface area contributed by atoms with Gasteiger partial charge in [0, 0.05) is 0 Å². The van der Waals surface area contributed by atoms with Crippen molar-refractivity contribution < 1.29 is 4.74 Å². The van der Waals surface area contributed by atoms with Gasteiger partial charge in [0.1, 0.15) is 5.75 Å². The summed E-state index contributed by atoms with van der Waals surface area (Å²) in [5.74, 6) is 0.790. The van der Waals surface area contributed by atoms with Gasteiger partial charge in [0.05, 0.1) is 11.6 Å². The smallest absolute Gasteiger partial charge is 0.138 e. The molecule has 0 atom stereocenters. The molecule has 0 aliphatic rings. The van der Waals surface area contributed by atoms with E-state index in [9.17, 15) is 0 Å². The number of hydrogen-bond acceptors (Lipinski definition) is 1. The third kappa shape index (κ3) is 2.42. The van der Waals surface area contributed by atoms with E-state index < -0.39 is 0 Å². The molecule has 0 aliphatic heterocycles. The van der Waals surface area contributed by atoms with Crippen LogP contribution in [0.1, 0.15) is 18.9 Å². The Morgan fingerprint density at radius 2 is 2.17 bits per heavy atom. The van der Waals surface area contributed by atoms with Gasteiger partial charge in [-0.3, -0.25) is 0 Å². The Morgan fingerprint density at radius 1 is 1.42 bits per heavy atom. The standard InChI is InChI=1S/C10H13ClO/c1-3-6-12-10-7-8(2)4-5-9(10)11/h4-5,7H,3,6H2,1-2H3. The van der Waals surface area contributed by atoms with Gasteiger partial charge in [-0.15, -0.1) is 0 Å². The van der Waals surface area contributed by atoms with Gasteiger partial charge < -0.3 is 4.74 Å². The second kappa shape index (κ2) is 4.36. The minimum atomic E-state index is 0.689. The quantitative estimate of drug-likeness (QED) is 0.700. The van der Waals surface area contributed by atoms with Crippen molar-refractivity contribution in [1.82, 2.24) is 0 Å². The fourth-order valence-electron chi connectivity index (χ4n) is 0.933. The van der Waals surface area contributed by atoms with Crippen LogP contribution < -0.4 is 4.74 Å². The van der Waals surface area contributed by atoms with E-state index in [-0.39, 0.29) is 0 Å². The molecule has 0 saturated heterocycles. The van der Waals surface area contributed by atoms with Gasteiger partial charge in [-0.1, -0.05) is 24.6 Å². The highest BCUT2D eigenvalue weighted by Crippen LogP contribution is 2.25. The van der Waals surface area contributed by atoms with Crippen molar-refractivity contribution in [3.63, 3.8) is 0 Å². The van der Waals surface area contributed by atoms with Crippen LogP contribution in [0.2, 0.25) is 5.02 Å². The van der Waals surface area contributed by atoms with E-state index in [0.717, 1.165) is 18.8 Å². The van der Waals surface area contributed by atoms with Crippen LogP contribution in [-0.2, 0) is 0 Å². The Hall–Kier alpha value is -0.690. The van der Waals surface area contributed by atoms with Crippen LogP contribution >= 0.6 is 11.6 Å². The average molecular weight is 185 g/mol. The molecule has 0 fully saturated rings. The maximum absolute atomic E-state index is 5.91. The van der Waals surface area contributed by atoms with E-state index in [4.69, 9.17) is 16.3 Å². The summed E-state index contributed by atoms with van der Waals surface area (Å²) in [5.41, 5.74) is 1.17. The Balaban J connectivity index is 2.75. The minimum Gasteiger partial charge on any atom is -0.492 e. The molecular formula is C10H13ClO. The lowest BCUT2D eigenvalue weighted by atomic mass is 10.2. The first-order valence-corrected chi connectivity index (χ1v) is 4.50. The van der Waals surface area contributed by atoms with E-state index in [1.165, 1.54) is 5.56 Å². The van der Waals surface area contributed by atoms with Gasteiger partial charge in [0.2, 0.25) is 0 Å². The molecule has 1 rings (SSSR count). The Labute approximate surface area is 78.3 Å². The first-order valence-electron chi connectivity index (χ1n) is 4.13. The van der Waals surface area contributed by atoms with Crippen LogP contribution in [0.5, 0.6) is 5.75 Å². The van der Waals surface area contributed by atoms with Gasteiger partial charge in [-0.05, 0) is 31.0 Å². The lowest BCUT2D eigenvalue weighted by Gasteiger charge is -2.06. The van der Waals surface area contributed by atoms with Crippen LogP contribution in [0.4, 0.5) is 0 Å². The Kier molecular flexibility index (Phi) is 3.42. The molecule has 2 heteroatoms. The number of hydrogen-bond donors (Lipinski definition) is 0. The molecule has 12 heavy (non-hydrogen) atoms. The predicted octanol–water partition coefficient (Wildman–Crippen LogP) is 3.44. The van der Waals surface area contributed by atoms with E-state index >= 15 is 0 Å². The lowest BCUT2D eigenvalue weighted by Crippen LogP contribution is -1.95. The molecular weight excluding hydrogens is 172 g/mol. The summed E-state index contributed by atoms with van der Waals surface area (Å²) in [6, 6.07) is 5.79. The molecule has 0 amide bonds. The van der Waals surface area contributed by atoms with Gasteiger partial charge in [-0.2, -0.15) is 0 Å². The molecule has 0 aliphatic carbocycles. The van der Waals surface area contributed by atoms with Crippen molar-refractivity contribution in [3.8, 4) is 5.75 Å². The average Bonchev–Trinajstić information content (AvgIpc) is 2.07. The zero-order chi connectivity index (χ0) is 8.97. The number of rotatable bonds is 3. The maximum atomic E-state index is 5.91. The fourth-order valence-corrected chi connectivity index (χ4v) is 1.11. The molecule has 0 aromatic heterocycles. The summed E-state index contributed by atoms with van der Waals surface area (Å²) in [6.45, 7) is 4.82. The normalized spacial score (nSPS) is 9.92. The van der Waals surface area contributed by atoms with E-state index in [2.05, 4.69) is 6.92 Å². The van der Waals surface area contributed by atoms with Crippen LogP contribution in [0.3, 0.4) is 0 Å². The second-order valence-electron chi connectivity index (χ2n) is 2.78. The van der Waals surface area contributed by atoms with Crippen LogP contribution in [0.25, 0.3) is 0 Å². The van der Waals surface area contributed by atoms with Crippen molar-refractivity contribution in [3.05, 3.63) is 28.8 Å². The van der Waals surface area contributed by atoms with Crippen molar-refractivity contribution >= 4 is 11.6 Å². The number of benzene rings is 1. The zero-order valence-corrected chi connectivity index (χ0v) is 8.19. The summed E-state index contributed by atoms with van der Waals surface area (Å²) in [4.78, 5) is 0. The maximum Gasteiger partial charge on any atom is 0.138 e. The third-order valence-electron chi connectivity index (χ3n) is 1.55. The molecule has 0 saturated carbocycles.